The highest BCUT2D eigenvalue weighted by Crippen LogP contribution is 2.52. The van der Waals surface area contributed by atoms with Gasteiger partial charge in [-0.2, -0.15) is 0 Å². The van der Waals surface area contributed by atoms with E-state index < -0.39 is 0 Å². The zero-order valence-electron chi connectivity index (χ0n) is 12.6. The molecular weight excluding hydrogens is 256 g/mol. The van der Waals surface area contributed by atoms with Crippen molar-refractivity contribution in [1.82, 2.24) is 0 Å². The molecule has 0 atom stereocenters. The summed E-state index contributed by atoms with van der Waals surface area (Å²) < 4.78 is 0. The van der Waals surface area contributed by atoms with Gasteiger partial charge in [0.25, 0.3) is 0 Å². The van der Waals surface area contributed by atoms with Gasteiger partial charge in [-0.05, 0) is 39.3 Å². The van der Waals surface area contributed by atoms with Gasteiger partial charge in [-0.3, -0.25) is 0 Å². The van der Waals surface area contributed by atoms with Crippen molar-refractivity contribution in [2.24, 2.45) is 0 Å². The Labute approximate surface area is 124 Å². The Hall–Kier alpha value is -2.28. The summed E-state index contributed by atoms with van der Waals surface area (Å²) in [6, 6.07) is 16.7. The molecule has 0 aromatic heterocycles. The largest absolute Gasteiger partial charge is 0.507 e. The predicted octanol–water partition coefficient (Wildman–Crippen LogP) is 5.49. The Kier molecular flexibility index (Phi) is 2.30. The third-order valence-electron chi connectivity index (χ3n) is 4.44. The van der Waals surface area contributed by atoms with E-state index in [-0.39, 0.29) is 5.41 Å². The summed E-state index contributed by atoms with van der Waals surface area (Å²) in [4.78, 5) is 0. The molecule has 1 nitrogen and oxygen atoms in total. The molecule has 0 amide bonds. The van der Waals surface area contributed by atoms with Gasteiger partial charge in [0.05, 0.1) is 0 Å². The van der Waals surface area contributed by atoms with Gasteiger partial charge in [-0.25, -0.2) is 0 Å². The van der Waals surface area contributed by atoms with Crippen LogP contribution >= 0.6 is 0 Å². The number of hydrogen-bond acceptors (Lipinski definition) is 1. The van der Waals surface area contributed by atoms with Crippen LogP contribution in [0.1, 0.15) is 26.3 Å². The van der Waals surface area contributed by atoms with Crippen LogP contribution in [0.4, 0.5) is 0 Å². The molecule has 104 valence electrons. The quantitative estimate of drug-likeness (QED) is 0.449. The first-order valence-electron chi connectivity index (χ1n) is 7.37. The molecule has 0 fully saturated rings. The van der Waals surface area contributed by atoms with E-state index in [0.717, 1.165) is 5.39 Å². The highest BCUT2D eigenvalue weighted by molar-refractivity contribution is 6.17. The van der Waals surface area contributed by atoms with E-state index in [1.165, 1.54) is 33.2 Å². The van der Waals surface area contributed by atoms with Crippen molar-refractivity contribution < 1.29 is 5.11 Å². The van der Waals surface area contributed by atoms with Crippen LogP contribution in [-0.4, -0.2) is 5.11 Å². The van der Waals surface area contributed by atoms with Gasteiger partial charge in [-0.1, -0.05) is 63.2 Å². The Morgan fingerprint density at radius 2 is 1.48 bits per heavy atom. The maximum atomic E-state index is 10.5. The average Bonchev–Trinajstić information content (AvgIpc) is 2.78. The number of aromatic hydroxyl groups is 1. The fourth-order valence-corrected chi connectivity index (χ4v) is 3.49. The summed E-state index contributed by atoms with van der Waals surface area (Å²) >= 11 is 0. The fraction of sp³-hybridized carbons (Fsp3) is 0.200. The van der Waals surface area contributed by atoms with E-state index in [2.05, 4.69) is 51.1 Å². The number of phenolic OH excluding ortho intramolecular Hbond substituents is 1. The highest BCUT2D eigenvalue weighted by Gasteiger charge is 2.29. The van der Waals surface area contributed by atoms with E-state index in [0.29, 0.717) is 5.75 Å². The van der Waals surface area contributed by atoms with Crippen molar-refractivity contribution in [2.75, 3.05) is 0 Å². The number of hydrogen-bond donors (Lipinski definition) is 1. The lowest BCUT2D eigenvalue weighted by Gasteiger charge is -2.24. The molecule has 0 unspecified atom stereocenters. The summed E-state index contributed by atoms with van der Waals surface area (Å²) in [5.41, 5.74) is 6.29. The zero-order chi connectivity index (χ0) is 14.8. The molecule has 0 aliphatic heterocycles. The third kappa shape index (κ3) is 1.58. The fourth-order valence-electron chi connectivity index (χ4n) is 3.49. The maximum absolute atomic E-state index is 10.5. The number of phenols is 1. The van der Waals surface area contributed by atoms with E-state index in [1.54, 1.807) is 0 Å². The van der Waals surface area contributed by atoms with Crippen molar-refractivity contribution in [2.45, 2.75) is 26.2 Å². The predicted molar refractivity (Wildman–Crippen MR) is 88.7 cm³/mol. The minimum atomic E-state index is -0.00837. The van der Waals surface area contributed by atoms with E-state index >= 15 is 0 Å². The molecule has 0 bridgehead atoms. The molecule has 0 saturated heterocycles. The van der Waals surface area contributed by atoms with Crippen molar-refractivity contribution >= 4 is 10.8 Å². The molecule has 4 rings (SSSR count). The van der Waals surface area contributed by atoms with Gasteiger partial charge in [0.2, 0.25) is 0 Å². The lowest BCUT2D eigenvalue weighted by Crippen LogP contribution is -2.12. The van der Waals surface area contributed by atoms with Gasteiger partial charge in [0.15, 0.2) is 0 Å². The van der Waals surface area contributed by atoms with Crippen LogP contribution in [0.25, 0.3) is 33.0 Å². The monoisotopic (exact) mass is 274 g/mol. The van der Waals surface area contributed by atoms with E-state index in [9.17, 15) is 5.11 Å². The van der Waals surface area contributed by atoms with Crippen LogP contribution < -0.4 is 0 Å². The second kappa shape index (κ2) is 3.88. The Bertz CT molecular complexity index is 882. The molecule has 1 heteroatoms. The second-order valence-electron chi connectivity index (χ2n) is 6.84. The van der Waals surface area contributed by atoms with Crippen molar-refractivity contribution in [3.8, 4) is 28.0 Å². The first kappa shape index (κ1) is 12.5. The first-order valence-corrected chi connectivity index (χ1v) is 7.37. The van der Waals surface area contributed by atoms with Crippen molar-refractivity contribution in [3.05, 3.63) is 54.1 Å². The van der Waals surface area contributed by atoms with E-state index in [1.807, 2.05) is 18.2 Å². The Morgan fingerprint density at radius 1 is 0.810 bits per heavy atom. The SMILES string of the molecule is CC(C)(C)c1cc(O)c2cccc3c2c1-c1ccccc1-3. The lowest BCUT2D eigenvalue weighted by molar-refractivity contribution is 0.477. The average molecular weight is 274 g/mol. The molecule has 0 spiro atoms. The zero-order valence-corrected chi connectivity index (χ0v) is 12.6. The Balaban J connectivity index is 2.28. The summed E-state index contributed by atoms with van der Waals surface area (Å²) in [6.07, 6.45) is 0. The molecule has 3 aromatic rings. The Morgan fingerprint density at radius 3 is 2.19 bits per heavy atom. The van der Waals surface area contributed by atoms with Gasteiger partial charge in [-0.15, -0.1) is 0 Å². The molecule has 0 radical (unpaired) electrons. The van der Waals surface area contributed by atoms with Gasteiger partial charge < -0.3 is 5.11 Å². The first-order chi connectivity index (χ1) is 9.98. The van der Waals surface area contributed by atoms with Crippen LogP contribution in [0.2, 0.25) is 0 Å². The third-order valence-corrected chi connectivity index (χ3v) is 4.44. The number of fused-ring (bicyclic) bond motifs is 3. The molecule has 0 heterocycles. The molecule has 1 aliphatic carbocycles. The van der Waals surface area contributed by atoms with E-state index in [4.69, 9.17) is 0 Å². The number of rotatable bonds is 0. The summed E-state index contributed by atoms with van der Waals surface area (Å²) in [6.45, 7) is 6.61. The van der Waals surface area contributed by atoms with Crippen molar-refractivity contribution in [3.63, 3.8) is 0 Å². The minimum Gasteiger partial charge on any atom is -0.507 e. The molecular formula is C20H18O. The standard InChI is InChI=1S/C20H18O/c1-20(2,3)16-11-17(21)15-10-6-9-13-12-7-4-5-8-14(12)19(16)18(13)15/h4-11,21H,1-3H3. The maximum Gasteiger partial charge on any atom is 0.123 e. The van der Waals surface area contributed by atoms with Gasteiger partial charge >= 0.3 is 0 Å². The molecule has 1 N–H and O–H groups in total. The topological polar surface area (TPSA) is 20.2 Å². The van der Waals surface area contributed by atoms with Gasteiger partial charge in [0, 0.05) is 10.8 Å². The molecule has 0 saturated carbocycles. The van der Waals surface area contributed by atoms with Crippen LogP contribution in [0.3, 0.4) is 0 Å². The minimum absolute atomic E-state index is 0.00837. The van der Waals surface area contributed by atoms with Crippen molar-refractivity contribution in [1.29, 1.82) is 0 Å². The van der Waals surface area contributed by atoms with Crippen LogP contribution in [-0.2, 0) is 5.41 Å². The lowest BCUT2D eigenvalue weighted by atomic mass is 9.81. The smallest absolute Gasteiger partial charge is 0.123 e. The normalized spacial score (nSPS) is 12.7. The number of benzene rings is 3. The van der Waals surface area contributed by atoms with Crippen LogP contribution in [0.15, 0.2) is 48.5 Å². The molecule has 3 aromatic carbocycles. The molecule has 21 heavy (non-hydrogen) atoms. The summed E-state index contributed by atoms with van der Waals surface area (Å²) in [5.74, 6) is 0.383. The van der Waals surface area contributed by atoms with Gasteiger partial charge in [0.1, 0.15) is 5.75 Å². The van der Waals surface area contributed by atoms with Crippen LogP contribution in [0, 0.1) is 0 Å². The summed E-state index contributed by atoms with van der Waals surface area (Å²) in [5, 5.41) is 12.6. The second-order valence-corrected chi connectivity index (χ2v) is 6.84. The highest BCUT2D eigenvalue weighted by atomic mass is 16.3. The van der Waals surface area contributed by atoms with Crippen LogP contribution in [0.5, 0.6) is 5.75 Å². The molecule has 1 aliphatic rings. The summed E-state index contributed by atoms with van der Waals surface area (Å²) in [7, 11) is 0.